The fraction of sp³-hybridized carbons (Fsp3) is 0.231. The average molecular weight is 444 g/mol. The van der Waals surface area contributed by atoms with Crippen LogP contribution >= 0.6 is 0 Å². The maximum absolute atomic E-state index is 12.7. The number of amides is 1. The molecule has 7 heteroatoms. The van der Waals surface area contributed by atoms with Gasteiger partial charge in [-0.1, -0.05) is 60.7 Å². The van der Waals surface area contributed by atoms with Crippen LogP contribution in [0.1, 0.15) is 34.3 Å². The minimum Gasteiger partial charge on any atom is -0.366 e. The summed E-state index contributed by atoms with van der Waals surface area (Å²) in [5, 5.41) is 14.8. The van der Waals surface area contributed by atoms with Crippen molar-refractivity contribution in [3.8, 4) is 0 Å². The van der Waals surface area contributed by atoms with Gasteiger partial charge < -0.3 is 10.2 Å². The maximum Gasteiger partial charge on any atom is 0.293 e. The lowest BCUT2D eigenvalue weighted by molar-refractivity contribution is -0.384. The molecule has 4 rings (SSSR count). The van der Waals surface area contributed by atoms with E-state index in [0.717, 1.165) is 5.56 Å². The molecule has 0 spiro atoms. The number of piperidine rings is 1. The van der Waals surface area contributed by atoms with E-state index in [9.17, 15) is 19.7 Å². The van der Waals surface area contributed by atoms with Crippen LogP contribution < -0.4 is 10.2 Å². The van der Waals surface area contributed by atoms with Gasteiger partial charge in [0.05, 0.1) is 4.92 Å². The number of rotatable bonds is 7. The van der Waals surface area contributed by atoms with Crippen LogP contribution in [0.15, 0.2) is 78.9 Å². The van der Waals surface area contributed by atoms with Gasteiger partial charge in [-0.05, 0) is 30.5 Å². The lowest BCUT2D eigenvalue weighted by Crippen LogP contribution is -2.40. The van der Waals surface area contributed by atoms with E-state index in [2.05, 4.69) is 5.32 Å². The largest absolute Gasteiger partial charge is 0.366 e. The summed E-state index contributed by atoms with van der Waals surface area (Å²) in [6, 6.07) is 23.1. The van der Waals surface area contributed by atoms with E-state index < -0.39 is 4.92 Å². The summed E-state index contributed by atoms with van der Waals surface area (Å²) in [4.78, 5) is 38.5. The molecule has 1 aliphatic rings. The lowest BCUT2D eigenvalue weighted by Gasteiger charge is -2.32. The monoisotopic (exact) mass is 443 g/mol. The zero-order valence-electron chi connectivity index (χ0n) is 18.1. The average Bonchev–Trinajstić information content (AvgIpc) is 2.87. The Bertz CT molecular complexity index is 1140. The Kier molecular flexibility index (Phi) is 6.78. The number of anilines is 1. The third kappa shape index (κ3) is 5.26. The van der Waals surface area contributed by atoms with E-state index in [1.165, 1.54) is 6.07 Å². The summed E-state index contributed by atoms with van der Waals surface area (Å²) < 4.78 is 0. The van der Waals surface area contributed by atoms with Crippen molar-refractivity contribution >= 4 is 23.1 Å². The number of ketones is 1. The number of nitrogens with one attached hydrogen (secondary N) is 1. The van der Waals surface area contributed by atoms with Crippen LogP contribution in [0, 0.1) is 16.0 Å². The van der Waals surface area contributed by atoms with Crippen molar-refractivity contribution in [1.29, 1.82) is 0 Å². The Morgan fingerprint density at radius 2 is 1.55 bits per heavy atom. The second-order valence-electron chi connectivity index (χ2n) is 8.12. The summed E-state index contributed by atoms with van der Waals surface area (Å²) in [5.74, 6) is -0.362. The molecule has 1 saturated heterocycles. The normalized spacial score (nSPS) is 14.0. The summed E-state index contributed by atoms with van der Waals surface area (Å²) in [6.45, 7) is 1.56. The van der Waals surface area contributed by atoms with E-state index in [4.69, 9.17) is 0 Å². The van der Waals surface area contributed by atoms with Crippen molar-refractivity contribution in [3.05, 3.63) is 106 Å². The van der Waals surface area contributed by atoms with Crippen LogP contribution in [-0.4, -0.2) is 29.7 Å². The lowest BCUT2D eigenvalue weighted by atomic mass is 9.94. The summed E-state index contributed by atoms with van der Waals surface area (Å²) >= 11 is 0. The Hall–Kier alpha value is -4.00. The third-order valence-electron chi connectivity index (χ3n) is 5.99. The van der Waals surface area contributed by atoms with Crippen molar-refractivity contribution in [3.63, 3.8) is 0 Å². The molecule has 0 aliphatic carbocycles. The Morgan fingerprint density at radius 1 is 0.909 bits per heavy atom. The first-order valence-corrected chi connectivity index (χ1v) is 11.0. The molecule has 33 heavy (non-hydrogen) atoms. The summed E-state index contributed by atoms with van der Waals surface area (Å²) in [7, 11) is 0. The zero-order valence-corrected chi connectivity index (χ0v) is 18.1. The molecule has 1 aliphatic heterocycles. The Balaban J connectivity index is 1.41. The number of nitrogens with zero attached hydrogens (tertiary/aromatic N) is 2. The molecule has 7 nitrogen and oxygen atoms in total. The van der Waals surface area contributed by atoms with Crippen LogP contribution in [-0.2, 0) is 11.3 Å². The van der Waals surface area contributed by atoms with Crippen LogP contribution in [0.4, 0.5) is 11.4 Å². The van der Waals surface area contributed by atoms with Crippen molar-refractivity contribution in [2.75, 3.05) is 18.0 Å². The number of hydrogen-bond acceptors (Lipinski definition) is 5. The van der Waals surface area contributed by atoms with Crippen LogP contribution in [0.2, 0.25) is 0 Å². The van der Waals surface area contributed by atoms with E-state index >= 15 is 0 Å². The molecule has 3 aromatic carbocycles. The maximum atomic E-state index is 12.7. The van der Waals surface area contributed by atoms with Gasteiger partial charge in [0.2, 0.25) is 5.91 Å². The highest BCUT2D eigenvalue weighted by molar-refractivity contribution is 6.09. The number of nitro benzene ring substituents is 1. The van der Waals surface area contributed by atoms with Crippen LogP contribution in [0.3, 0.4) is 0 Å². The molecule has 0 radical (unpaired) electrons. The molecule has 3 aromatic rings. The fourth-order valence-electron chi connectivity index (χ4n) is 4.15. The molecule has 1 heterocycles. The van der Waals surface area contributed by atoms with Gasteiger partial charge in [-0.15, -0.1) is 0 Å². The number of hydrogen-bond donors (Lipinski definition) is 1. The Morgan fingerprint density at radius 3 is 2.18 bits per heavy atom. The molecule has 168 valence electrons. The quantitative estimate of drug-likeness (QED) is 0.333. The minimum absolute atomic E-state index is 0.0109. The molecule has 0 atom stereocenters. The van der Waals surface area contributed by atoms with E-state index in [1.807, 2.05) is 41.3 Å². The fourth-order valence-corrected chi connectivity index (χ4v) is 4.15. The van der Waals surface area contributed by atoms with Crippen molar-refractivity contribution < 1.29 is 14.5 Å². The number of carbonyl (C=O) groups excluding carboxylic acids is 2. The van der Waals surface area contributed by atoms with Gasteiger partial charge in [0, 0.05) is 42.7 Å². The third-order valence-corrected chi connectivity index (χ3v) is 5.99. The first-order chi connectivity index (χ1) is 16.0. The molecule has 0 saturated carbocycles. The highest BCUT2D eigenvalue weighted by Gasteiger charge is 2.29. The highest BCUT2D eigenvalue weighted by atomic mass is 16.6. The van der Waals surface area contributed by atoms with Gasteiger partial charge in [0.1, 0.15) is 5.69 Å². The molecule has 1 amide bonds. The van der Waals surface area contributed by atoms with E-state index in [0.29, 0.717) is 43.7 Å². The van der Waals surface area contributed by atoms with Crippen molar-refractivity contribution in [2.45, 2.75) is 19.4 Å². The molecular formula is C26H25N3O4. The number of carbonyl (C=O) groups is 2. The SMILES string of the molecule is O=C(c1ccccc1)c1ccc(N2CCC(C(=O)NCc3ccccc3)CC2)c([N+](=O)[O-])c1. The zero-order chi connectivity index (χ0) is 23.2. The van der Waals surface area contributed by atoms with Gasteiger partial charge in [-0.25, -0.2) is 0 Å². The molecule has 0 bridgehead atoms. The van der Waals surface area contributed by atoms with Gasteiger partial charge in [0.25, 0.3) is 5.69 Å². The first kappa shape index (κ1) is 22.2. The van der Waals surface area contributed by atoms with E-state index in [1.54, 1.807) is 36.4 Å². The highest BCUT2D eigenvalue weighted by Crippen LogP contribution is 2.33. The molecule has 0 aromatic heterocycles. The van der Waals surface area contributed by atoms with E-state index in [-0.39, 0.29) is 28.9 Å². The number of benzene rings is 3. The van der Waals surface area contributed by atoms with Gasteiger partial charge in [0.15, 0.2) is 5.78 Å². The van der Waals surface area contributed by atoms with Crippen molar-refractivity contribution in [1.82, 2.24) is 5.32 Å². The first-order valence-electron chi connectivity index (χ1n) is 11.0. The Labute approximate surface area is 192 Å². The topological polar surface area (TPSA) is 92.6 Å². The number of nitro groups is 1. The van der Waals surface area contributed by atoms with Gasteiger partial charge in [-0.2, -0.15) is 0 Å². The predicted molar refractivity (Wildman–Crippen MR) is 126 cm³/mol. The second-order valence-corrected chi connectivity index (χ2v) is 8.12. The molecular weight excluding hydrogens is 418 g/mol. The van der Waals surface area contributed by atoms with Crippen LogP contribution in [0.5, 0.6) is 0 Å². The predicted octanol–water partition coefficient (Wildman–Crippen LogP) is 4.36. The molecule has 0 unspecified atom stereocenters. The van der Waals surface area contributed by atoms with Gasteiger partial charge in [-0.3, -0.25) is 19.7 Å². The second kappa shape index (κ2) is 10.1. The minimum atomic E-state index is -0.449. The van der Waals surface area contributed by atoms with Gasteiger partial charge >= 0.3 is 0 Å². The summed E-state index contributed by atoms with van der Waals surface area (Å²) in [5.41, 5.74) is 2.20. The smallest absolute Gasteiger partial charge is 0.293 e. The van der Waals surface area contributed by atoms with Crippen LogP contribution in [0.25, 0.3) is 0 Å². The standard InChI is InChI=1S/C26H25N3O4/c30-25(20-9-5-2-6-10-20)22-11-12-23(24(17-22)29(32)33)28-15-13-21(14-16-28)26(31)27-18-19-7-3-1-4-8-19/h1-12,17,21H,13-16,18H2,(H,27,31). The summed E-state index contributed by atoms with van der Waals surface area (Å²) in [6.07, 6.45) is 1.23. The molecule has 1 fully saturated rings. The molecule has 1 N–H and O–H groups in total. The van der Waals surface area contributed by atoms with Crippen molar-refractivity contribution in [2.24, 2.45) is 5.92 Å².